The first-order chi connectivity index (χ1) is 7.83. The maximum absolute atomic E-state index is 5.97. The van der Waals surface area contributed by atoms with E-state index in [1.807, 2.05) is 12.4 Å². The SMILES string of the molecule is CC1CCCCCN1c1ccncc1CCl. The molecule has 2 rings (SSSR count). The van der Waals surface area contributed by atoms with Crippen molar-refractivity contribution in [3.63, 3.8) is 0 Å². The van der Waals surface area contributed by atoms with Gasteiger partial charge in [-0.05, 0) is 25.8 Å². The molecule has 1 fully saturated rings. The summed E-state index contributed by atoms with van der Waals surface area (Å²) in [7, 11) is 0. The zero-order valence-electron chi connectivity index (χ0n) is 9.82. The summed E-state index contributed by atoms with van der Waals surface area (Å²) in [5, 5.41) is 0. The van der Waals surface area contributed by atoms with Gasteiger partial charge in [0.2, 0.25) is 0 Å². The van der Waals surface area contributed by atoms with Crippen LogP contribution in [-0.4, -0.2) is 17.6 Å². The van der Waals surface area contributed by atoms with Crippen molar-refractivity contribution in [2.24, 2.45) is 0 Å². The molecule has 0 radical (unpaired) electrons. The number of halogens is 1. The molecule has 0 saturated carbocycles. The molecule has 1 aliphatic rings. The number of rotatable bonds is 2. The van der Waals surface area contributed by atoms with E-state index in [-0.39, 0.29) is 0 Å². The van der Waals surface area contributed by atoms with Crippen molar-refractivity contribution in [3.8, 4) is 0 Å². The van der Waals surface area contributed by atoms with Crippen molar-refractivity contribution in [1.82, 2.24) is 4.98 Å². The van der Waals surface area contributed by atoms with Gasteiger partial charge in [-0.15, -0.1) is 11.6 Å². The number of nitrogens with zero attached hydrogens (tertiary/aromatic N) is 2. The molecule has 0 N–H and O–H groups in total. The lowest BCUT2D eigenvalue weighted by Crippen LogP contribution is -2.33. The molecule has 1 saturated heterocycles. The summed E-state index contributed by atoms with van der Waals surface area (Å²) < 4.78 is 0. The Bertz CT molecular complexity index is 340. The first-order valence-corrected chi connectivity index (χ1v) is 6.62. The van der Waals surface area contributed by atoms with Crippen LogP contribution in [-0.2, 0) is 5.88 Å². The molecule has 0 bridgehead atoms. The Labute approximate surface area is 103 Å². The first kappa shape index (κ1) is 11.7. The quantitative estimate of drug-likeness (QED) is 0.732. The Morgan fingerprint density at radius 2 is 2.31 bits per heavy atom. The lowest BCUT2D eigenvalue weighted by Gasteiger charge is -2.30. The lowest BCUT2D eigenvalue weighted by molar-refractivity contribution is 0.615. The van der Waals surface area contributed by atoms with Crippen LogP contribution in [0.25, 0.3) is 0 Å². The van der Waals surface area contributed by atoms with Gasteiger partial charge in [0, 0.05) is 36.2 Å². The number of pyridine rings is 1. The number of anilines is 1. The fourth-order valence-electron chi connectivity index (χ4n) is 2.44. The van der Waals surface area contributed by atoms with E-state index >= 15 is 0 Å². The molecule has 1 unspecified atom stereocenters. The maximum Gasteiger partial charge on any atom is 0.0509 e. The van der Waals surface area contributed by atoms with Crippen molar-refractivity contribution in [1.29, 1.82) is 0 Å². The van der Waals surface area contributed by atoms with Gasteiger partial charge in [0.25, 0.3) is 0 Å². The predicted octanol–water partition coefficient (Wildman–Crippen LogP) is 3.59. The van der Waals surface area contributed by atoms with Crippen LogP contribution in [0.1, 0.15) is 38.2 Å². The standard InChI is InChI=1S/C13H19ClN2/c1-11-5-3-2-4-8-16(11)13-6-7-15-10-12(13)9-14/h6-7,10-11H,2-5,8-9H2,1H3. The van der Waals surface area contributed by atoms with E-state index in [0.29, 0.717) is 11.9 Å². The highest BCUT2D eigenvalue weighted by atomic mass is 35.5. The smallest absolute Gasteiger partial charge is 0.0509 e. The van der Waals surface area contributed by atoms with Crippen LogP contribution in [0.2, 0.25) is 0 Å². The number of aromatic nitrogens is 1. The Morgan fingerprint density at radius 3 is 3.12 bits per heavy atom. The third kappa shape index (κ3) is 2.49. The Kier molecular flexibility index (Phi) is 4.05. The largest absolute Gasteiger partial charge is 0.368 e. The number of hydrogen-bond acceptors (Lipinski definition) is 2. The van der Waals surface area contributed by atoms with Gasteiger partial charge in [0.05, 0.1) is 5.88 Å². The predicted molar refractivity (Wildman–Crippen MR) is 69.1 cm³/mol. The second kappa shape index (κ2) is 5.53. The second-order valence-electron chi connectivity index (χ2n) is 4.53. The summed E-state index contributed by atoms with van der Waals surface area (Å²) in [5.41, 5.74) is 2.43. The fraction of sp³-hybridized carbons (Fsp3) is 0.615. The van der Waals surface area contributed by atoms with Gasteiger partial charge in [0.1, 0.15) is 0 Å². The van der Waals surface area contributed by atoms with E-state index in [1.165, 1.54) is 31.4 Å². The van der Waals surface area contributed by atoms with Crippen molar-refractivity contribution >= 4 is 17.3 Å². The summed E-state index contributed by atoms with van der Waals surface area (Å²) in [6.07, 6.45) is 9.02. The molecule has 1 aromatic rings. The minimum absolute atomic E-state index is 0.548. The van der Waals surface area contributed by atoms with Gasteiger partial charge in [0.15, 0.2) is 0 Å². The van der Waals surface area contributed by atoms with Gasteiger partial charge in [-0.3, -0.25) is 4.98 Å². The highest BCUT2D eigenvalue weighted by molar-refractivity contribution is 6.17. The van der Waals surface area contributed by atoms with Crippen LogP contribution in [0, 0.1) is 0 Å². The van der Waals surface area contributed by atoms with Crippen LogP contribution in [0.15, 0.2) is 18.5 Å². The normalized spacial score (nSPS) is 21.9. The van der Waals surface area contributed by atoms with Gasteiger partial charge < -0.3 is 4.90 Å². The van der Waals surface area contributed by atoms with Crippen molar-refractivity contribution in [2.75, 3.05) is 11.4 Å². The third-order valence-corrected chi connectivity index (χ3v) is 3.67. The Balaban J connectivity index is 2.26. The van der Waals surface area contributed by atoms with Crippen LogP contribution < -0.4 is 4.90 Å². The molecule has 1 atom stereocenters. The summed E-state index contributed by atoms with van der Waals surface area (Å²) in [6, 6.07) is 2.71. The molecular formula is C13H19ClN2. The monoisotopic (exact) mass is 238 g/mol. The molecule has 0 amide bonds. The minimum atomic E-state index is 0.548. The van der Waals surface area contributed by atoms with Crippen LogP contribution in [0.4, 0.5) is 5.69 Å². The first-order valence-electron chi connectivity index (χ1n) is 6.08. The molecule has 1 aliphatic heterocycles. The van der Waals surface area contributed by atoms with Crippen molar-refractivity contribution < 1.29 is 0 Å². The van der Waals surface area contributed by atoms with E-state index < -0.39 is 0 Å². The van der Waals surface area contributed by atoms with E-state index in [4.69, 9.17) is 11.6 Å². The minimum Gasteiger partial charge on any atom is -0.368 e. The number of hydrogen-bond donors (Lipinski definition) is 0. The molecule has 1 aromatic heterocycles. The molecular weight excluding hydrogens is 220 g/mol. The average molecular weight is 239 g/mol. The zero-order chi connectivity index (χ0) is 11.4. The fourth-order valence-corrected chi connectivity index (χ4v) is 2.64. The topological polar surface area (TPSA) is 16.1 Å². The highest BCUT2D eigenvalue weighted by Crippen LogP contribution is 2.27. The number of alkyl halides is 1. The summed E-state index contributed by atoms with van der Waals surface area (Å²) in [5.74, 6) is 0.548. The Morgan fingerprint density at radius 1 is 1.44 bits per heavy atom. The zero-order valence-corrected chi connectivity index (χ0v) is 10.6. The van der Waals surface area contributed by atoms with Crippen molar-refractivity contribution in [2.45, 2.75) is 44.5 Å². The van der Waals surface area contributed by atoms with E-state index in [2.05, 4.69) is 22.9 Å². The van der Waals surface area contributed by atoms with E-state index in [9.17, 15) is 0 Å². The molecule has 2 heterocycles. The summed E-state index contributed by atoms with van der Waals surface area (Å²) >= 11 is 5.97. The van der Waals surface area contributed by atoms with Crippen LogP contribution in [0.3, 0.4) is 0 Å². The van der Waals surface area contributed by atoms with Crippen LogP contribution >= 0.6 is 11.6 Å². The molecule has 3 heteroatoms. The molecule has 0 spiro atoms. The van der Waals surface area contributed by atoms with Gasteiger partial charge in [-0.1, -0.05) is 12.8 Å². The molecule has 0 aromatic carbocycles. The molecule has 0 aliphatic carbocycles. The second-order valence-corrected chi connectivity index (χ2v) is 4.80. The van der Waals surface area contributed by atoms with E-state index in [1.54, 1.807) is 0 Å². The van der Waals surface area contributed by atoms with Crippen LogP contribution in [0.5, 0.6) is 0 Å². The maximum atomic E-state index is 5.97. The average Bonchev–Trinajstić information content (AvgIpc) is 2.54. The lowest BCUT2D eigenvalue weighted by atomic mass is 10.1. The molecule has 88 valence electrons. The highest BCUT2D eigenvalue weighted by Gasteiger charge is 2.19. The van der Waals surface area contributed by atoms with Crippen molar-refractivity contribution in [3.05, 3.63) is 24.0 Å². The van der Waals surface area contributed by atoms with Gasteiger partial charge in [-0.25, -0.2) is 0 Å². The molecule has 16 heavy (non-hydrogen) atoms. The van der Waals surface area contributed by atoms with Gasteiger partial charge >= 0.3 is 0 Å². The Hall–Kier alpha value is -0.760. The molecule has 2 nitrogen and oxygen atoms in total. The van der Waals surface area contributed by atoms with Gasteiger partial charge in [-0.2, -0.15) is 0 Å². The summed E-state index contributed by atoms with van der Waals surface area (Å²) in [4.78, 5) is 6.64. The third-order valence-electron chi connectivity index (χ3n) is 3.38. The summed E-state index contributed by atoms with van der Waals surface area (Å²) in [6.45, 7) is 3.46. The van der Waals surface area contributed by atoms with E-state index in [0.717, 1.165) is 12.1 Å².